The highest BCUT2D eigenvalue weighted by Crippen LogP contribution is 2.36. The average Bonchev–Trinajstić information content (AvgIpc) is 3.64. The molecule has 0 spiro atoms. The molecule has 0 bridgehead atoms. The van der Waals surface area contributed by atoms with Crippen LogP contribution in [0.25, 0.3) is 0 Å². The van der Waals surface area contributed by atoms with Gasteiger partial charge in [0.1, 0.15) is 23.9 Å². The maximum atomic E-state index is 12.9. The van der Waals surface area contributed by atoms with Crippen LogP contribution in [0.1, 0.15) is 80.6 Å². The Morgan fingerprint density at radius 1 is 1.24 bits per heavy atom. The van der Waals surface area contributed by atoms with Crippen molar-refractivity contribution in [2.45, 2.75) is 123 Å². The van der Waals surface area contributed by atoms with Crippen LogP contribution in [0.2, 0.25) is 0 Å². The highest BCUT2D eigenvalue weighted by molar-refractivity contribution is 5.71. The molecule has 10 nitrogen and oxygen atoms in total. The van der Waals surface area contributed by atoms with E-state index in [0.717, 1.165) is 12.0 Å². The zero-order valence-corrected chi connectivity index (χ0v) is 25.4. The van der Waals surface area contributed by atoms with Gasteiger partial charge in [0.2, 0.25) is 0 Å². The number of carbonyl (C=O) groups excluding carboxylic acids is 3. The minimum atomic E-state index is -1.49. The van der Waals surface area contributed by atoms with Crippen LogP contribution < -0.4 is 5.73 Å². The summed E-state index contributed by atoms with van der Waals surface area (Å²) in [5.41, 5.74) is 4.50. The number of amides is 1. The van der Waals surface area contributed by atoms with Crippen molar-refractivity contribution in [2.75, 3.05) is 0 Å². The van der Waals surface area contributed by atoms with Gasteiger partial charge < -0.3 is 34.9 Å². The average molecular weight is 580 g/mol. The van der Waals surface area contributed by atoms with E-state index in [-0.39, 0.29) is 55.3 Å². The number of primary amides is 1. The van der Waals surface area contributed by atoms with Crippen molar-refractivity contribution in [3.63, 3.8) is 0 Å². The van der Waals surface area contributed by atoms with E-state index < -0.39 is 41.9 Å². The summed E-state index contributed by atoms with van der Waals surface area (Å²) in [4.78, 5) is 36.1. The number of nitrogens with two attached hydrogens (primary N) is 1. The maximum Gasteiger partial charge on any atom is 0.404 e. The van der Waals surface area contributed by atoms with Crippen LogP contribution in [-0.2, 0) is 28.5 Å². The second kappa shape index (κ2) is 15.5. The molecule has 2 rings (SSSR count). The number of epoxide rings is 1. The standard InChI is InChI=1S/C31H49NO9/c1-8-24(34)21(5)29-25(40-29)16-18(2)10-9-11-19(3)28-20(4)12-13-26(38-22(6)33)31(7,37)15-14-23(39-30(32)36)17-27(35)41-28/h9-13,18,20-21,23-26,28-29,34,37H,8,14-17H2,1-7H3,(H2,32,36)/b10-9+,13-12-,19-11+. The third kappa shape index (κ3) is 11.2. The molecule has 2 aliphatic rings. The first-order valence-corrected chi connectivity index (χ1v) is 14.6. The highest BCUT2D eigenvalue weighted by atomic mass is 16.6. The van der Waals surface area contributed by atoms with Crippen LogP contribution >= 0.6 is 0 Å². The molecule has 10 heteroatoms. The minimum Gasteiger partial charge on any atom is -0.457 e. The van der Waals surface area contributed by atoms with Gasteiger partial charge in [0.15, 0.2) is 0 Å². The molecule has 0 aromatic carbocycles. The Morgan fingerprint density at radius 2 is 1.93 bits per heavy atom. The van der Waals surface area contributed by atoms with Crippen molar-refractivity contribution in [3.8, 4) is 0 Å². The maximum absolute atomic E-state index is 12.9. The Bertz CT molecular complexity index is 988. The predicted molar refractivity (Wildman–Crippen MR) is 153 cm³/mol. The molecular weight excluding hydrogens is 530 g/mol. The van der Waals surface area contributed by atoms with E-state index in [4.69, 9.17) is 24.7 Å². The van der Waals surface area contributed by atoms with E-state index in [0.29, 0.717) is 6.42 Å². The minimum absolute atomic E-state index is 0.0744. The zero-order valence-electron chi connectivity index (χ0n) is 25.4. The summed E-state index contributed by atoms with van der Waals surface area (Å²) in [6.07, 6.45) is 6.99. The van der Waals surface area contributed by atoms with E-state index in [1.165, 1.54) is 13.8 Å². The topological polar surface area (TPSA) is 158 Å². The second-order valence-corrected chi connectivity index (χ2v) is 11.8. The number of aliphatic hydroxyl groups excluding tert-OH is 1. The van der Waals surface area contributed by atoms with Gasteiger partial charge in [0.25, 0.3) is 0 Å². The normalized spacial score (nSPS) is 34.4. The highest BCUT2D eigenvalue weighted by Gasteiger charge is 2.45. The number of ether oxygens (including phenoxy) is 4. The van der Waals surface area contributed by atoms with E-state index in [1.54, 1.807) is 12.2 Å². The quantitative estimate of drug-likeness (QED) is 0.114. The molecule has 10 unspecified atom stereocenters. The zero-order chi connectivity index (χ0) is 30.9. The van der Waals surface area contributed by atoms with Gasteiger partial charge >= 0.3 is 18.0 Å². The van der Waals surface area contributed by atoms with Crippen LogP contribution in [0.4, 0.5) is 4.79 Å². The summed E-state index contributed by atoms with van der Waals surface area (Å²) < 4.78 is 22.2. The molecule has 0 aromatic heterocycles. The van der Waals surface area contributed by atoms with Crippen LogP contribution in [0.15, 0.2) is 36.0 Å². The van der Waals surface area contributed by atoms with Crippen molar-refractivity contribution in [1.29, 1.82) is 0 Å². The number of hydrogen-bond acceptors (Lipinski definition) is 9. The number of carbonyl (C=O) groups is 3. The number of aliphatic hydroxyl groups is 2. The molecule has 0 aliphatic carbocycles. The Hall–Kier alpha value is -2.69. The van der Waals surface area contributed by atoms with E-state index >= 15 is 0 Å². The number of rotatable bonds is 10. The van der Waals surface area contributed by atoms with Crippen LogP contribution in [-0.4, -0.2) is 70.5 Å². The molecule has 2 heterocycles. The molecule has 1 fully saturated rings. The second-order valence-electron chi connectivity index (χ2n) is 11.8. The lowest BCUT2D eigenvalue weighted by atomic mass is 9.88. The van der Waals surface area contributed by atoms with Gasteiger partial charge in [-0.2, -0.15) is 0 Å². The third-order valence-corrected chi connectivity index (χ3v) is 7.90. The Kier molecular flexibility index (Phi) is 13.1. The lowest BCUT2D eigenvalue weighted by Crippen LogP contribution is -2.42. The van der Waals surface area contributed by atoms with Crippen molar-refractivity contribution in [2.24, 2.45) is 23.5 Å². The Labute approximate surface area is 243 Å². The van der Waals surface area contributed by atoms with Crippen molar-refractivity contribution in [3.05, 3.63) is 36.0 Å². The number of hydrogen-bond donors (Lipinski definition) is 3. The molecule has 10 atom stereocenters. The van der Waals surface area contributed by atoms with Gasteiger partial charge in [0.05, 0.1) is 24.7 Å². The summed E-state index contributed by atoms with van der Waals surface area (Å²) in [5, 5.41) is 21.2. The summed E-state index contributed by atoms with van der Waals surface area (Å²) in [5.74, 6) is -1.12. The van der Waals surface area contributed by atoms with Crippen LogP contribution in [0, 0.1) is 17.8 Å². The lowest BCUT2D eigenvalue weighted by molar-refractivity contribution is -0.157. The largest absolute Gasteiger partial charge is 0.457 e. The van der Waals surface area contributed by atoms with Crippen molar-refractivity contribution in [1.82, 2.24) is 0 Å². The molecule has 0 saturated carbocycles. The third-order valence-electron chi connectivity index (χ3n) is 7.90. The molecule has 1 amide bonds. The summed E-state index contributed by atoms with van der Waals surface area (Å²) >= 11 is 0. The Morgan fingerprint density at radius 3 is 2.54 bits per heavy atom. The Balaban J connectivity index is 2.20. The fraction of sp³-hybridized carbons (Fsp3) is 0.710. The first-order valence-electron chi connectivity index (χ1n) is 14.6. The van der Waals surface area contributed by atoms with E-state index in [2.05, 4.69) is 13.0 Å². The summed E-state index contributed by atoms with van der Waals surface area (Å²) in [6.45, 7) is 12.6. The first-order chi connectivity index (χ1) is 19.1. The van der Waals surface area contributed by atoms with Gasteiger partial charge in [-0.3, -0.25) is 9.59 Å². The predicted octanol–water partition coefficient (Wildman–Crippen LogP) is 4.12. The van der Waals surface area contributed by atoms with Gasteiger partial charge in [-0.25, -0.2) is 4.79 Å². The number of esters is 2. The van der Waals surface area contributed by atoms with Crippen LogP contribution in [0.5, 0.6) is 0 Å². The van der Waals surface area contributed by atoms with Gasteiger partial charge in [-0.15, -0.1) is 0 Å². The fourth-order valence-electron chi connectivity index (χ4n) is 5.22. The van der Waals surface area contributed by atoms with Gasteiger partial charge in [-0.1, -0.05) is 52.0 Å². The molecule has 0 radical (unpaired) electrons. The first kappa shape index (κ1) is 34.5. The van der Waals surface area contributed by atoms with Gasteiger partial charge in [-0.05, 0) is 57.1 Å². The molecular formula is C31H49NO9. The molecule has 4 N–H and O–H groups in total. The fourth-order valence-corrected chi connectivity index (χ4v) is 5.22. The summed E-state index contributed by atoms with van der Waals surface area (Å²) in [7, 11) is 0. The molecule has 2 aliphatic heterocycles. The number of cyclic esters (lactones) is 1. The van der Waals surface area contributed by atoms with Crippen molar-refractivity contribution >= 4 is 18.0 Å². The monoisotopic (exact) mass is 579 g/mol. The lowest BCUT2D eigenvalue weighted by Gasteiger charge is -2.33. The van der Waals surface area contributed by atoms with E-state index in [1.807, 2.05) is 39.8 Å². The number of allylic oxidation sites excluding steroid dienone is 3. The molecule has 41 heavy (non-hydrogen) atoms. The smallest absolute Gasteiger partial charge is 0.404 e. The van der Waals surface area contributed by atoms with Crippen molar-refractivity contribution < 1.29 is 43.5 Å². The van der Waals surface area contributed by atoms with E-state index in [9.17, 15) is 24.6 Å². The van der Waals surface area contributed by atoms with Gasteiger partial charge in [0, 0.05) is 18.8 Å². The molecule has 1 saturated heterocycles. The molecule has 0 aromatic rings. The van der Waals surface area contributed by atoms with Crippen LogP contribution in [0.3, 0.4) is 0 Å². The summed E-state index contributed by atoms with van der Waals surface area (Å²) in [6, 6.07) is 0. The SMILES string of the molecule is CCC(O)C(C)C1OC1CC(C)/C=C/C=C(\C)C1OC(=O)CC(OC(N)=O)CCC(C)(O)C(OC(C)=O)/C=C\C1C. The molecule has 232 valence electrons.